The number of ether oxygens (including phenoxy) is 1. The van der Waals surface area contributed by atoms with Gasteiger partial charge in [0.15, 0.2) is 0 Å². The van der Waals surface area contributed by atoms with Gasteiger partial charge in [-0.2, -0.15) is 0 Å². The quantitative estimate of drug-likeness (QED) is 0.438. The Hall–Kier alpha value is -0.600. The minimum absolute atomic E-state index is 0.390. The van der Waals surface area contributed by atoms with Crippen LogP contribution in [0.5, 0.6) is 0 Å². The largest absolute Gasteiger partial charge is 0.379 e. The molecule has 0 atom stereocenters. The summed E-state index contributed by atoms with van der Waals surface area (Å²) >= 11 is 0. The van der Waals surface area contributed by atoms with Gasteiger partial charge in [0.1, 0.15) is 0 Å². The van der Waals surface area contributed by atoms with E-state index in [2.05, 4.69) is 22.1 Å². The number of nitrogens with zero attached hydrogens (tertiary/aromatic N) is 1. The molecule has 0 spiro atoms. The average Bonchev–Trinajstić information content (AvgIpc) is 2.24. The normalized spacial score (nSPS) is 16.6. The lowest BCUT2D eigenvalue weighted by Crippen LogP contribution is -2.56. The lowest BCUT2D eigenvalue weighted by molar-refractivity contribution is 0.0723. The molecule has 0 aromatic carbocycles. The summed E-state index contributed by atoms with van der Waals surface area (Å²) in [7, 11) is 0. The monoisotopic (exact) mass is 225 g/mol. The van der Waals surface area contributed by atoms with Crippen molar-refractivity contribution >= 4 is 0 Å². The molecule has 4 nitrogen and oxygen atoms in total. The first-order valence-corrected chi connectivity index (χ1v) is 5.99. The van der Waals surface area contributed by atoms with Crippen molar-refractivity contribution in [3.05, 3.63) is 0 Å². The summed E-state index contributed by atoms with van der Waals surface area (Å²) in [5, 5.41) is 3.28. The van der Waals surface area contributed by atoms with Gasteiger partial charge in [-0.1, -0.05) is 0 Å². The molecular formula is C12H23N3O. The van der Waals surface area contributed by atoms with Crippen molar-refractivity contribution < 1.29 is 4.74 Å². The molecule has 1 fully saturated rings. The molecule has 92 valence electrons. The van der Waals surface area contributed by atoms with Gasteiger partial charge in [0, 0.05) is 45.2 Å². The van der Waals surface area contributed by atoms with E-state index >= 15 is 0 Å². The third-order valence-electron chi connectivity index (χ3n) is 2.56. The summed E-state index contributed by atoms with van der Waals surface area (Å²) in [5.74, 6) is 5.88. The average molecular weight is 225 g/mol. The van der Waals surface area contributed by atoms with Crippen LogP contribution in [0.1, 0.15) is 13.3 Å². The van der Waals surface area contributed by atoms with E-state index in [0.29, 0.717) is 6.04 Å². The molecule has 1 saturated heterocycles. The molecule has 0 bridgehead atoms. The predicted octanol–water partition coefficient (Wildman–Crippen LogP) is -0.351. The van der Waals surface area contributed by atoms with E-state index in [-0.39, 0.29) is 0 Å². The topological polar surface area (TPSA) is 50.5 Å². The van der Waals surface area contributed by atoms with Crippen molar-refractivity contribution in [1.82, 2.24) is 10.2 Å². The van der Waals surface area contributed by atoms with E-state index < -0.39 is 0 Å². The predicted molar refractivity (Wildman–Crippen MR) is 66.2 cm³/mol. The first-order valence-electron chi connectivity index (χ1n) is 5.99. The first kappa shape index (κ1) is 13.5. The Bertz CT molecular complexity index is 228. The molecule has 3 N–H and O–H groups in total. The van der Waals surface area contributed by atoms with Crippen LogP contribution in [-0.4, -0.2) is 56.9 Å². The number of hydrogen-bond donors (Lipinski definition) is 2. The van der Waals surface area contributed by atoms with E-state index in [4.69, 9.17) is 10.5 Å². The van der Waals surface area contributed by atoms with Gasteiger partial charge in [-0.3, -0.25) is 4.90 Å². The van der Waals surface area contributed by atoms with Crippen molar-refractivity contribution in [2.45, 2.75) is 19.4 Å². The summed E-state index contributed by atoms with van der Waals surface area (Å²) in [6.07, 6.45) is 0.919. The maximum Gasteiger partial charge on any atom is 0.0594 e. The molecule has 0 aliphatic carbocycles. The highest BCUT2D eigenvalue weighted by atomic mass is 16.5. The van der Waals surface area contributed by atoms with Crippen LogP contribution in [0.25, 0.3) is 0 Å². The second-order valence-electron chi connectivity index (χ2n) is 4.06. The van der Waals surface area contributed by atoms with Crippen LogP contribution in [0.2, 0.25) is 0 Å². The lowest BCUT2D eigenvalue weighted by Gasteiger charge is -2.36. The Morgan fingerprint density at radius 3 is 2.88 bits per heavy atom. The van der Waals surface area contributed by atoms with Crippen LogP contribution in [0, 0.1) is 11.8 Å². The second-order valence-corrected chi connectivity index (χ2v) is 4.06. The van der Waals surface area contributed by atoms with Gasteiger partial charge in [0.05, 0.1) is 13.2 Å². The highest BCUT2D eigenvalue weighted by Crippen LogP contribution is 2.03. The minimum Gasteiger partial charge on any atom is -0.379 e. The van der Waals surface area contributed by atoms with Crippen LogP contribution in [0.3, 0.4) is 0 Å². The number of nitrogens with two attached hydrogens (primary N) is 1. The van der Waals surface area contributed by atoms with E-state index in [1.807, 2.05) is 6.92 Å². The smallest absolute Gasteiger partial charge is 0.0594 e. The zero-order valence-corrected chi connectivity index (χ0v) is 10.2. The molecule has 0 aromatic rings. The number of rotatable bonds is 8. The van der Waals surface area contributed by atoms with Crippen LogP contribution in [0.15, 0.2) is 0 Å². The van der Waals surface area contributed by atoms with Crippen LogP contribution in [0.4, 0.5) is 0 Å². The fourth-order valence-corrected chi connectivity index (χ4v) is 1.63. The molecule has 1 aliphatic heterocycles. The molecule has 0 amide bonds. The Morgan fingerprint density at radius 2 is 2.19 bits per heavy atom. The Morgan fingerprint density at radius 1 is 1.38 bits per heavy atom. The molecule has 4 heteroatoms. The Kier molecular flexibility index (Phi) is 7.19. The summed E-state index contributed by atoms with van der Waals surface area (Å²) in [5.41, 5.74) is 5.68. The number of nitrogens with one attached hydrogen (secondary N) is 1. The van der Waals surface area contributed by atoms with Crippen LogP contribution in [-0.2, 0) is 4.74 Å². The third kappa shape index (κ3) is 6.09. The summed E-state index contributed by atoms with van der Waals surface area (Å²) in [6.45, 7) is 8.37. The zero-order chi connectivity index (χ0) is 11.6. The molecule has 0 unspecified atom stereocenters. The van der Waals surface area contributed by atoms with E-state index in [0.717, 1.165) is 52.4 Å². The van der Waals surface area contributed by atoms with Crippen molar-refractivity contribution in [2.24, 2.45) is 5.73 Å². The molecular weight excluding hydrogens is 202 g/mol. The fraction of sp³-hybridized carbons (Fsp3) is 0.833. The van der Waals surface area contributed by atoms with Crippen molar-refractivity contribution in [3.8, 4) is 11.8 Å². The van der Waals surface area contributed by atoms with Gasteiger partial charge in [0.25, 0.3) is 0 Å². The van der Waals surface area contributed by atoms with Gasteiger partial charge in [-0.05, 0) is 6.92 Å². The highest BCUT2D eigenvalue weighted by molar-refractivity contribution is 4.95. The number of likely N-dealkylation sites (tertiary alicyclic amines) is 1. The fourth-order valence-electron chi connectivity index (χ4n) is 1.63. The van der Waals surface area contributed by atoms with E-state index in [1.54, 1.807) is 0 Å². The van der Waals surface area contributed by atoms with Gasteiger partial charge in [-0.15, -0.1) is 11.8 Å². The molecule has 0 aromatic heterocycles. The number of hydrogen-bond acceptors (Lipinski definition) is 4. The standard InChI is InChI=1S/C12H23N3O/c1-2-3-4-5-14-6-8-16-9-7-15-10-12(13)11-15/h12,14H,4-11,13H2,1H3. The van der Waals surface area contributed by atoms with E-state index in [9.17, 15) is 0 Å². The van der Waals surface area contributed by atoms with Gasteiger partial charge in [0.2, 0.25) is 0 Å². The molecule has 1 heterocycles. The SMILES string of the molecule is CC#CCCNCCOCCN1CC(N)C1. The van der Waals surface area contributed by atoms with Crippen molar-refractivity contribution in [1.29, 1.82) is 0 Å². The van der Waals surface area contributed by atoms with Crippen molar-refractivity contribution in [2.75, 3.05) is 45.9 Å². The van der Waals surface area contributed by atoms with Gasteiger partial charge in [-0.25, -0.2) is 0 Å². The summed E-state index contributed by atoms with van der Waals surface area (Å²) in [4.78, 5) is 2.31. The Balaban J connectivity index is 1.73. The van der Waals surface area contributed by atoms with Gasteiger partial charge >= 0.3 is 0 Å². The summed E-state index contributed by atoms with van der Waals surface area (Å²) in [6, 6.07) is 0.390. The van der Waals surface area contributed by atoms with Gasteiger partial charge < -0.3 is 15.8 Å². The molecule has 0 radical (unpaired) electrons. The van der Waals surface area contributed by atoms with Crippen molar-refractivity contribution in [3.63, 3.8) is 0 Å². The second kappa shape index (κ2) is 8.54. The van der Waals surface area contributed by atoms with Crippen LogP contribution < -0.4 is 11.1 Å². The zero-order valence-electron chi connectivity index (χ0n) is 10.2. The highest BCUT2D eigenvalue weighted by Gasteiger charge is 2.21. The lowest BCUT2D eigenvalue weighted by atomic mass is 10.1. The maximum atomic E-state index is 5.68. The minimum atomic E-state index is 0.390. The molecule has 16 heavy (non-hydrogen) atoms. The molecule has 1 rings (SSSR count). The molecule has 0 saturated carbocycles. The summed E-state index contributed by atoms with van der Waals surface area (Å²) < 4.78 is 5.50. The van der Waals surface area contributed by atoms with E-state index in [1.165, 1.54) is 0 Å². The third-order valence-corrected chi connectivity index (χ3v) is 2.56. The van der Waals surface area contributed by atoms with Crippen LogP contribution >= 0.6 is 0 Å². The Labute approximate surface area is 98.5 Å². The maximum absolute atomic E-state index is 5.68. The molecule has 1 aliphatic rings. The first-order chi connectivity index (χ1) is 7.83.